The average molecular weight is 426 g/mol. The Labute approximate surface area is 181 Å². The monoisotopic (exact) mass is 426 g/mol. The highest BCUT2D eigenvalue weighted by atomic mass is 19.1. The molecule has 2 aromatic carbocycles. The fourth-order valence-electron chi connectivity index (χ4n) is 4.50. The van der Waals surface area contributed by atoms with Gasteiger partial charge < -0.3 is 19.7 Å². The first-order valence-corrected chi connectivity index (χ1v) is 10.8. The molecule has 6 nitrogen and oxygen atoms in total. The molecule has 164 valence electrons. The van der Waals surface area contributed by atoms with Gasteiger partial charge in [0.1, 0.15) is 19.0 Å². The Balaban J connectivity index is 1.48. The van der Waals surface area contributed by atoms with Crippen LogP contribution in [0.4, 0.5) is 10.1 Å². The van der Waals surface area contributed by atoms with E-state index in [1.54, 1.807) is 35.2 Å². The highest BCUT2D eigenvalue weighted by molar-refractivity contribution is 5.97. The molecule has 7 heteroatoms. The van der Waals surface area contributed by atoms with Crippen LogP contribution in [0.2, 0.25) is 0 Å². The number of carbonyl (C=O) groups excluding carboxylic acids is 2. The second kappa shape index (κ2) is 8.96. The molecule has 4 rings (SSSR count). The third-order valence-corrected chi connectivity index (χ3v) is 6.09. The second-order valence-corrected chi connectivity index (χ2v) is 8.02. The Hall–Kier alpha value is -3.09. The minimum Gasteiger partial charge on any atom is -0.486 e. The number of carbonyl (C=O) groups is 2. The fraction of sp³-hybridized carbons (Fsp3) is 0.417. The smallest absolute Gasteiger partial charge is 0.243 e. The predicted molar refractivity (Wildman–Crippen MR) is 115 cm³/mol. The zero-order chi connectivity index (χ0) is 21.8. The zero-order valence-corrected chi connectivity index (χ0v) is 17.7. The Kier molecular flexibility index (Phi) is 6.11. The van der Waals surface area contributed by atoms with Gasteiger partial charge in [-0.05, 0) is 49.6 Å². The second-order valence-electron chi connectivity index (χ2n) is 8.02. The summed E-state index contributed by atoms with van der Waals surface area (Å²) in [5.74, 6) is 0.567. The van der Waals surface area contributed by atoms with Crippen molar-refractivity contribution < 1.29 is 23.5 Å². The van der Waals surface area contributed by atoms with Crippen molar-refractivity contribution in [2.45, 2.75) is 38.0 Å². The molecule has 2 aromatic rings. The Morgan fingerprint density at radius 1 is 1.03 bits per heavy atom. The van der Waals surface area contributed by atoms with Crippen LogP contribution >= 0.6 is 0 Å². The molecular formula is C24H27FN2O4. The molecule has 0 saturated heterocycles. The molecule has 0 spiro atoms. The van der Waals surface area contributed by atoms with E-state index in [0.29, 0.717) is 49.8 Å². The quantitative estimate of drug-likeness (QED) is 0.761. The van der Waals surface area contributed by atoms with E-state index in [2.05, 4.69) is 5.32 Å². The summed E-state index contributed by atoms with van der Waals surface area (Å²) in [5, 5.41) is 2.84. The molecule has 1 saturated carbocycles. The van der Waals surface area contributed by atoms with Crippen LogP contribution in [0.25, 0.3) is 0 Å². The number of likely N-dealkylation sites (N-methyl/N-ethyl adjacent to an activating group) is 1. The van der Waals surface area contributed by atoms with Crippen molar-refractivity contribution in [2.75, 3.05) is 31.6 Å². The highest BCUT2D eigenvalue weighted by Gasteiger charge is 2.44. The minimum absolute atomic E-state index is 0.0489. The molecule has 1 N–H and O–H groups in total. The summed E-state index contributed by atoms with van der Waals surface area (Å²) in [6.45, 7) is 3.20. The molecule has 31 heavy (non-hydrogen) atoms. The van der Waals surface area contributed by atoms with Crippen LogP contribution < -0.4 is 14.8 Å². The van der Waals surface area contributed by atoms with E-state index in [0.717, 1.165) is 18.4 Å². The van der Waals surface area contributed by atoms with Crippen LogP contribution in [0.1, 0.15) is 38.2 Å². The highest BCUT2D eigenvalue weighted by Crippen LogP contribution is 2.42. The third-order valence-electron chi connectivity index (χ3n) is 6.09. The lowest BCUT2D eigenvalue weighted by Crippen LogP contribution is -2.48. The summed E-state index contributed by atoms with van der Waals surface area (Å²) in [6, 6.07) is 11.4. The Morgan fingerprint density at radius 2 is 1.71 bits per heavy atom. The van der Waals surface area contributed by atoms with E-state index < -0.39 is 5.41 Å². The van der Waals surface area contributed by atoms with Crippen molar-refractivity contribution in [2.24, 2.45) is 0 Å². The number of anilines is 1. The molecule has 1 heterocycles. The van der Waals surface area contributed by atoms with Crippen LogP contribution in [0, 0.1) is 5.82 Å². The van der Waals surface area contributed by atoms with Crippen LogP contribution in [0.15, 0.2) is 42.5 Å². The molecule has 0 bridgehead atoms. The molecule has 0 aromatic heterocycles. The van der Waals surface area contributed by atoms with Gasteiger partial charge in [-0.15, -0.1) is 0 Å². The van der Waals surface area contributed by atoms with Gasteiger partial charge in [-0.1, -0.05) is 25.0 Å². The molecule has 0 radical (unpaired) electrons. The van der Waals surface area contributed by atoms with E-state index in [-0.39, 0.29) is 24.2 Å². The zero-order valence-electron chi connectivity index (χ0n) is 17.7. The maximum atomic E-state index is 13.6. The molecule has 2 aliphatic rings. The summed E-state index contributed by atoms with van der Waals surface area (Å²) in [7, 11) is 0. The summed E-state index contributed by atoms with van der Waals surface area (Å²) < 4.78 is 24.5. The first-order chi connectivity index (χ1) is 15.0. The van der Waals surface area contributed by atoms with Crippen molar-refractivity contribution in [3.8, 4) is 11.5 Å². The number of benzene rings is 2. The average Bonchev–Trinajstić information content (AvgIpc) is 3.28. The van der Waals surface area contributed by atoms with Gasteiger partial charge in [0.25, 0.3) is 0 Å². The minimum atomic E-state index is -0.693. The summed E-state index contributed by atoms with van der Waals surface area (Å²) in [4.78, 5) is 27.9. The number of fused-ring (bicyclic) bond motifs is 1. The fourth-order valence-corrected chi connectivity index (χ4v) is 4.50. The van der Waals surface area contributed by atoms with E-state index >= 15 is 0 Å². The Morgan fingerprint density at radius 3 is 2.39 bits per heavy atom. The number of ether oxygens (including phenoxy) is 2. The number of hydrogen-bond acceptors (Lipinski definition) is 4. The molecule has 0 atom stereocenters. The SMILES string of the molecule is CCN(CC(=O)Nc1ccc2c(c1)OCCO2)C(=O)C1(c2ccc(F)cc2)CCCC1. The third kappa shape index (κ3) is 4.36. The van der Waals surface area contributed by atoms with E-state index in [4.69, 9.17) is 9.47 Å². The molecule has 1 aliphatic carbocycles. The van der Waals surface area contributed by atoms with Crippen LogP contribution in [-0.2, 0) is 15.0 Å². The summed E-state index contributed by atoms with van der Waals surface area (Å²) >= 11 is 0. The Bertz CT molecular complexity index is 955. The number of nitrogens with one attached hydrogen (secondary N) is 1. The summed E-state index contributed by atoms with van der Waals surface area (Å²) in [6.07, 6.45) is 3.28. The van der Waals surface area contributed by atoms with E-state index in [9.17, 15) is 14.0 Å². The van der Waals surface area contributed by atoms with Crippen LogP contribution in [0.3, 0.4) is 0 Å². The largest absolute Gasteiger partial charge is 0.486 e. The first kappa shape index (κ1) is 21.2. The number of nitrogens with zero attached hydrogens (tertiary/aromatic N) is 1. The van der Waals surface area contributed by atoms with Crippen molar-refractivity contribution in [3.05, 3.63) is 53.8 Å². The van der Waals surface area contributed by atoms with Crippen molar-refractivity contribution in [3.63, 3.8) is 0 Å². The number of rotatable bonds is 6. The van der Waals surface area contributed by atoms with Gasteiger partial charge in [0.2, 0.25) is 11.8 Å². The standard InChI is InChI=1S/C24H27FN2O4/c1-2-27(16-22(28)26-19-9-10-20-21(15-19)31-14-13-30-20)23(29)24(11-3-4-12-24)17-5-7-18(25)8-6-17/h5-10,15H,2-4,11-14,16H2,1H3,(H,26,28). The number of hydrogen-bond donors (Lipinski definition) is 1. The molecule has 1 fully saturated rings. The van der Waals surface area contributed by atoms with E-state index in [1.165, 1.54) is 12.1 Å². The lowest BCUT2D eigenvalue weighted by molar-refractivity contribution is -0.139. The number of halogens is 1. The molecule has 1 aliphatic heterocycles. The topological polar surface area (TPSA) is 67.9 Å². The molecule has 2 amide bonds. The summed E-state index contributed by atoms with van der Waals surface area (Å²) in [5.41, 5.74) is 0.718. The lowest BCUT2D eigenvalue weighted by Gasteiger charge is -2.34. The molecule has 0 unspecified atom stereocenters. The predicted octanol–water partition coefficient (Wildman–Crippen LogP) is 3.90. The van der Waals surface area contributed by atoms with Gasteiger partial charge in [0.05, 0.1) is 12.0 Å². The molecular weight excluding hydrogens is 399 g/mol. The van der Waals surface area contributed by atoms with E-state index in [1.807, 2.05) is 6.92 Å². The lowest BCUT2D eigenvalue weighted by atomic mass is 9.77. The van der Waals surface area contributed by atoms with Gasteiger partial charge in [-0.25, -0.2) is 4.39 Å². The maximum absolute atomic E-state index is 13.6. The van der Waals surface area contributed by atoms with Crippen molar-refractivity contribution in [1.29, 1.82) is 0 Å². The van der Waals surface area contributed by atoms with Gasteiger partial charge in [0.15, 0.2) is 11.5 Å². The van der Waals surface area contributed by atoms with Gasteiger partial charge in [0, 0.05) is 18.3 Å². The first-order valence-electron chi connectivity index (χ1n) is 10.8. The number of amides is 2. The van der Waals surface area contributed by atoms with Crippen LogP contribution in [-0.4, -0.2) is 43.0 Å². The van der Waals surface area contributed by atoms with Gasteiger partial charge >= 0.3 is 0 Å². The van der Waals surface area contributed by atoms with Crippen molar-refractivity contribution >= 4 is 17.5 Å². The van der Waals surface area contributed by atoms with Crippen LogP contribution in [0.5, 0.6) is 11.5 Å². The van der Waals surface area contributed by atoms with Gasteiger partial charge in [-0.2, -0.15) is 0 Å². The van der Waals surface area contributed by atoms with Gasteiger partial charge in [-0.3, -0.25) is 9.59 Å². The maximum Gasteiger partial charge on any atom is 0.243 e. The normalized spacial score (nSPS) is 16.6. The van der Waals surface area contributed by atoms with Crippen molar-refractivity contribution in [1.82, 2.24) is 4.90 Å².